The van der Waals surface area contributed by atoms with E-state index >= 15 is 0 Å². The van der Waals surface area contributed by atoms with Crippen LogP contribution in [0.5, 0.6) is 5.75 Å². The number of carbonyl (C=O) groups excluding carboxylic acids is 1. The van der Waals surface area contributed by atoms with Crippen LogP contribution in [0.1, 0.15) is 33.0 Å². The number of hydrogen-bond donors (Lipinski definition) is 1. The number of anilines is 1. The second-order valence-electron chi connectivity index (χ2n) is 7.39. The van der Waals surface area contributed by atoms with E-state index in [1.807, 2.05) is 50.2 Å². The van der Waals surface area contributed by atoms with Crippen LogP contribution in [0.15, 0.2) is 71.4 Å². The number of nitrogens with zero attached hydrogens (tertiary/aromatic N) is 2. The van der Waals surface area contributed by atoms with Crippen molar-refractivity contribution in [1.82, 2.24) is 9.78 Å². The van der Waals surface area contributed by atoms with Gasteiger partial charge in [0.05, 0.1) is 17.8 Å². The number of amides is 1. The zero-order valence-corrected chi connectivity index (χ0v) is 18.0. The molecule has 0 radical (unpaired) electrons. The Balaban J connectivity index is 1.37. The molecule has 0 aliphatic carbocycles. The van der Waals surface area contributed by atoms with E-state index in [9.17, 15) is 4.79 Å². The summed E-state index contributed by atoms with van der Waals surface area (Å²) < 4.78 is 13.2. The van der Waals surface area contributed by atoms with Crippen LogP contribution < -0.4 is 10.1 Å². The molecule has 158 valence electrons. The predicted octanol–water partition coefficient (Wildman–Crippen LogP) is 5.63. The minimum atomic E-state index is -0.322. The lowest BCUT2D eigenvalue weighted by Crippen LogP contribution is -2.11. The third-order valence-corrected chi connectivity index (χ3v) is 4.79. The highest BCUT2D eigenvalue weighted by Gasteiger charge is 2.12. The summed E-state index contributed by atoms with van der Waals surface area (Å²) in [5.74, 6) is 1.25. The molecule has 0 aliphatic heterocycles. The highest BCUT2D eigenvalue weighted by molar-refractivity contribution is 6.30. The van der Waals surface area contributed by atoms with Crippen molar-refractivity contribution in [3.63, 3.8) is 0 Å². The Labute approximate surface area is 185 Å². The zero-order chi connectivity index (χ0) is 21.8. The minimum Gasteiger partial charge on any atom is -0.486 e. The van der Waals surface area contributed by atoms with E-state index in [4.69, 9.17) is 20.8 Å². The molecule has 4 aromatic rings. The van der Waals surface area contributed by atoms with Gasteiger partial charge in [0.25, 0.3) is 5.91 Å². The lowest BCUT2D eigenvalue weighted by Gasteiger charge is -2.07. The van der Waals surface area contributed by atoms with E-state index in [1.54, 1.807) is 29.2 Å². The molecule has 0 fully saturated rings. The summed E-state index contributed by atoms with van der Waals surface area (Å²) in [7, 11) is 0. The SMILES string of the molecule is Cc1cc(C)cc(OCc2ccc(C(=O)Nc3cccc(Cn4cc(Cl)cn4)c3)o2)c1. The monoisotopic (exact) mass is 435 g/mol. The number of aromatic nitrogens is 2. The Morgan fingerprint density at radius 1 is 1.13 bits per heavy atom. The molecule has 2 aromatic heterocycles. The van der Waals surface area contributed by atoms with Crippen LogP contribution in [0.4, 0.5) is 5.69 Å². The van der Waals surface area contributed by atoms with Crippen molar-refractivity contribution in [3.8, 4) is 5.75 Å². The van der Waals surface area contributed by atoms with E-state index in [2.05, 4.69) is 16.5 Å². The van der Waals surface area contributed by atoms with E-state index in [1.165, 1.54) is 0 Å². The quantitative estimate of drug-likeness (QED) is 0.408. The van der Waals surface area contributed by atoms with Crippen LogP contribution in [0.2, 0.25) is 5.02 Å². The fourth-order valence-electron chi connectivity index (χ4n) is 3.30. The van der Waals surface area contributed by atoms with Crippen LogP contribution in [-0.2, 0) is 13.2 Å². The van der Waals surface area contributed by atoms with Gasteiger partial charge in [0.1, 0.15) is 18.1 Å². The van der Waals surface area contributed by atoms with Crippen LogP contribution in [0, 0.1) is 13.8 Å². The molecule has 0 spiro atoms. The molecule has 0 aliphatic rings. The third kappa shape index (κ3) is 5.55. The minimum absolute atomic E-state index is 0.225. The van der Waals surface area contributed by atoms with Gasteiger partial charge in [-0.15, -0.1) is 0 Å². The maximum atomic E-state index is 12.6. The van der Waals surface area contributed by atoms with Crippen LogP contribution in [-0.4, -0.2) is 15.7 Å². The zero-order valence-electron chi connectivity index (χ0n) is 17.3. The molecule has 4 rings (SSSR count). The molecule has 0 unspecified atom stereocenters. The Morgan fingerprint density at radius 2 is 1.94 bits per heavy atom. The van der Waals surface area contributed by atoms with Crippen LogP contribution >= 0.6 is 11.6 Å². The number of nitrogens with one attached hydrogen (secondary N) is 1. The number of furan rings is 1. The fourth-order valence-corrected chi connectivity index (χ4v) is 3.46. The van der Waals surface area contributed by atoms with Gasteiger partial charge in [-0.25, -0.2) is 0 Å². The van der Waals surface area contributed by atoms with Gasteiger partial charge in [0.15, 0.2) is 5.76 Å². The number of halogens is 1. The Hall–Kier alpha value is -3.51. The van der Waals surface area contributed by atoms with Crippen molar-refractivity contribution in [1.29, 1.82) is 0 Å². The summed E-state index contributed by atoms with van der Waals surface area (Å²) in [5.41, 5.74) is 3.92. The van der Waals surface area contributed by atoms with Crippen LogP contribution in [0.25, 0.3) is 0 Å². The van der Waals surface area contributed by atoms with Gasteiger partial charge in [0.2, 0.25) is 0 Å². The average molecular weight is 436 g/mol. The average Bonchev–Trinajstić information content (AvgIpc) is 3.35. The van der Waals surface area contributed by atoms with Crippen molar-refractivity contribution < 1.29 is 13.9 Å². The summed E-state index contributed by atoms with van der Waals surface area (Å²) in [6.07, 6.45) is 3.34. The molecule has 0 atom stereocenters. The van der Waals surface area contributed by atoms with E-state index in [0.717, 1.165) is 22.4 Å². The molecule has 2 aromatic carbocycles. The summed E-state index contributed by atoms with van der Waals surface area (Å²) in [5, 5.41) is 7.62. The number of rotatable bonds is 7. The van der Waals surface area contributed by atoms with Crippen molar-refractivity contribution in [2.75, 3.05) is 5.32 Å². The van der Waals surface area contributed by atoms with Gasteiger partial charge in [-0.05, 0) is 66.9 Å². The molecule has 7 heteroatoms. The van der Waals surface area contributed by atoms with Gasteiger partial charge in [0, 0.05) is 11.9 Å². The first kappa shape index (κ1) is 20.8. The molecule has 6 nitrogen and oxygen atoms in total. The number of ether oxygens (including phenoxy) is 1. The smallest absolute Gasteiger partial charge is 0.291 e. The number of aryl methyl sites for hydroxylation is 2. The maximum absolute atomic E-state index is 12.6. The summed E-state index contributed by atoms with van der Waals surface area (Å²) in [6, 6.07) is 17.0. The fraction of sp³-hybridized carbons (Fsp3) is 0.167. The van der Waals surface area contributed by atoms with E-state index in [-0.39, 0.29) is 18.3 Å². The highest BCUT2D eigenvalue weighted by atomic mass is 35.5. The Bertz CT molecular complexity index is 1190. The lowest BCUT2D eigenvalue weighted by atomic mass is 10.1. The number of carbonyl (C=O) groups is 1. The number of hydrogen-bond acceptors (Lipinski definition) is 4. The molecule has 1 amide bonds. The van der Waals surface area contributed by atoms with Gasteiger partial charge in [-0.2, -0.15) is 5.10 Å². The molecule has 0 bridgehead atoms. The second-order valence-corrected chi connectivity index (χ2v) is 7.83. The predicted molar refractivity (Wildman–Crippen MR) is 120 cm³/mol. The second kappa shape index (κ2) is 9.10. The summed E-state index contributed by atoms with van der Waals surface area (Å²) >= 11 is 5.91. The lowest BCUT2D eigenvalue weighted by molar-refractivity contribution is 0.0992. The van der Waals surface area contributed by atoms with Crippen molar-refractivity contribution >= 4 is 23.2 Å². The molecule has 0 saturated carbocycles. The summed E-state index contributed by atoms with van der Waals surface area (Å²) in [6.45, 7) is 4.85. The largest absolute Gasteiger partial charge is 0.486 e. The Kier molecular flexibility index (Phi) is 6.09. The van der Waals surface area contributed by atoms with E-state index in [0.29, 0.717) is 23.0 Å². The Morgan fingerprint density at radius 3 is 2.68 bits per heavy atom. The molecule has 0 saturated heterocycles. The highest BCUT2D eigenvalue weighted by Crippen LogP contribution is 2.19. The molecular formula is C24H22ClN3O3. The van der Waals surface area contributed by atoms with E-state index < -0.39 is 0 Å². The third-order valence-electron chi connectivity index (χ3n) is 4.59. The van der Waals surface area contributed by atoms with Gasteiger partial charge >= 0.3 is 0 Å². The van der Waals surface area contributed by atoms with Gasteiger partial charge < -0.3 is 14.5 Å². The first-order valence-corrected chi connectivity index (χ1v) is 10.2. The van der Waals surface area contributed by atoms with Gasteiger partial charge in [-0.1, -0.05) is 29.8 Å². The molecule has 2 heterocycles. The van der Waals surface area contributed by atoms with Crippen LogP contribution in [0.3, 0.4) is 0 Å². The standard InChI is InChI=1S/C24H22ClN3O3/c1-16-8-17(2)10-22(9-16)30-15-21-6-7-23(31-21)24(29)27-20-5-3-4-18(11-20)13-28-14-19(25)12-26-28/h3-12,14H,13,15H2,1-2H3,(H,27,29). The van der Waals surface area contributed by atoms with Crippen molar-refractivity contribution in [2.45, 2.75) is 27.0 Å². The first-order chi connectivity index (χ1) is 14.9. The normalized spacial score (nSPS) is 10.8. The summed E-state index contributed by atoms with van der Waals surface area (Å²) in [4.78, 5) is 12.6. The topological polar surface area (TPSA) is 69.3 Å². The van der Waals surface area contributed by atoms with Crippen molar-refractivity contribution in [2.24, 2.45) is 0 Å². The maximum Gasteiger partial charge on any atom is 0.291 e. The number of benzene rings is 2. The van der Waals surface area contributed by atoms with Crippen molar-refractivity contribution in [3.05, 3.63) is 100 Å². The van der Waals surface area contributed by atoms with Gasteiger partial charge in [-0.3, -0.25) is 9.48 Å². The molecular weight excluding hydrogens is 414 g/mol. The molecule has 1 N–H and O–H groups in total. The first-order valence-electron chi connectivity index (χ1n) is 9.83. The molecule has 31 heavy (non-hydrogen) atoms.